The number of nitrogen functional groups attached to an aromatic ring is 1. The van der Waals surface area contributed by atoms with Crippen LogP contribution >= 0.6 is 0 Å². The first-order chi connectivity index (χ1) is 14.3. The largest absolute Gasteiger partial charge is 0.397 e. The van der Waals surface area contributed by atoms with Crippen molar-refractivity contribution in [2.24, 2.45) is 16.8 Å². The summed E-state index contributed by atoms with van der Waals surface area (Å²) in [5, 5.41) is 2.84. The maximum absolute atomic E-state index is 13.0. The maximum Gasteiger partial charge on any atom is 0.228 e. The second kappa shape index (κ2) is 9.74. The molecule has 0 bridgehead atoms. The standard InChI is InChI=1S/C24H31FN4O/c1-16(2)29(15-19-4-5-19)21-10-11-23(22(26)12-21)27-13-17(3)24(30)28-14-18-6-8-20(25)9-7-18/h6-13,16-17,19H,4-5,14-15,26H2,1-3H3,(H,28,30)/b27-13-. The van der Waals surface area contributed by atoms with Gasteiger partial charge in [0, 0.05) is 31.0 Å². The van der Waals surface area contributed by atoms with E-state index in [9.17, 15) is 9.18 Å². The Balaban J connectivity index is 1.58. The van der Waals surface area contributed by atoms with Crippen LogP contribution in [-0.2, 0) is 11.3 Å². The Morgan fingerprint density at radius 3 is 2.53 bits per heavy atom. The number of nitrogens with zero attached hydrogens (tertiary/aromatic N) is 2. The molecule has 2 aromatic rings. The Kier molecular flexibility index (Phi) is 7.08. The molecule has 0 saturated heterocycles. The van der Waals surface area contributed by atoms with E-state index < -0.39 is 5.92 Å². The topological polar surface area (TPSA) is 70.7 Å². The van der Waals surface area contributed by atoms with E-state index >= 15 is 0 Å². The van der Waals surface area contributed by atoms with Crippen molar-refractivity contribution < 1.29 is 9.18 Å². The number of nitrogens with one attached hydrogen (secondary N) is 1. The lowest BCUT2D eigenvalue weighted by Crippen LogP contribution is -2.32. The van der Waals surface area contributed by atoms with Gasteiger partial charge in [-0.05, 0) is 75.4 Å². The van der Waals surface area contributed by atoms with Crippen LogP contribution in [0, 0.1) is 17.7 Å². The monoisotopic (exact) mass is 410 g/mol. The lowest BCUT2D eigenvalue weighted by molar-refractivity contribution is -0.122. The van der Waals surface area contributed by atoms with Gasteiger partial charge in [0.1, 0.15) is 5.82 Å². The highest BCUT2D eigenvalue weighted by molar-refractivity contribution is 5.94. The summed E-state index contributed by atoms with van der Waals surface area (Å²) < 4.78 is 13.0. The molecule has 1 amide bonds. The normalized spacial score (nSPS) is 14.8. The van der Waals surface area contributed by atoms with E-state index in [1.807, 2.05) is 18.2 Å². The maximum atomic E-state index is 13.0. The molecular weight excluding hydrogens is 379 g/mol. The minimum absolute atomic E-state index is 0.145. The van der Waals surface area contributed by atoms with Crippen molar-refractivity contribution in [3.8, 4) is 0 Å². The fourth-order valence-electron chi connectivity index (χ4n) is 3.24. The van der Waals surface area contributed by atoms with E-state index in [-0.39, 0.29) is 11.7 Å². The van der Waals surface area contributed by atoms with E-state index in [0.717, 1.165) is 23.7 Å². The zero-order valence-electron chi connectivity index (χ0n) is 17.9. The van der Waals surface area contributed by atoms with Crippen molar-refractivity contribution in [2.45, 2.75) is 46.2 Å². The van der Waals surface area contributed by atoms with Gasteiger partial charge < -0.3 is 16.0 Å². The van der Waals surface area contributed by atoms with E-state index in [1.165, 1.54) is 25.0 Å². The number of hydrogen-bond acceptors (Lipinski definition) is 4. The zero-order valence-corrected chi connectivity index (χ0v) is 17.9. The summed E-state index contributed by atoms with van der Waals surface area (Å²) in [5.41, 5.74) is 9.46. The summed E-state index contributed by atoms with van der Waals surface area (Å²) >= 11 is 0. The van der Waals surface area contributed by atoms with Crippen LogP contribution in [0.1, 0.15) is 39.2 Å². The Hall–Kier alpha value is -2.89. The average molecular weight is 411 g/mol. The molecule has 1 unspecified atom stereocenters. The molecule has 1 aliphatic rings. The number of benzene rings is 2. The third-order valence-corrected chi connectivity index (χ3v) is 5.35. The summed E-state index contributed by atoms with van der Waals surface area (Å²) in [4.78, 5) is 19.1. The molecule has 1 atom stereocenters. The van der Waals surface area contributed by atoms with Crippen molar-refractivity contribution in [1.29, 1.82) is 0 Å². The van der Waals surface area contributed by atoms with Gasteiger partial charge in [0.25, 0.3) is 0 Å². The van der Waals surface area contributed by atoms with Crippen LogP contribution in [0.5, 0.6) is 0 Å². The van der Waals surface area contributed by atoms with Gasteiger partial charge in [0.05, 0.1) is 17.3 Å². The van der Waals surface area contributed by atoms with Crippen LogP contribution in [0.3, 0.4) is 0 Å². The quantitative estimate of drug-likeness (QED) is 0.465. The number of rotatable bonds is 9. The van der Waals surface area contributed by atoms with Crippen LogP contribution in [-0.4, -0.2) is 24.7 Å². The molecule has 6 heteroatoms. The summed E-state index contributed by atoms with van der Waals surface area (Å²) in [5.74, 6) is -0.0564. The second-order valence-electron chi connectivity index (χ2n) is 8.34. The molecule has 0 aliphatic heterocycles. The first kappa shape index (κ1) is 21.8. The molecule has 160 valence electrons. The first-order valence-corrected chi connectivity index (χ1v) is 10.6. The number of amides is 1. The lowest BCUT2D eigenvalue weighted by atomic mass is 10.1. The summed E-state index contributed by atoms with van der Waals surface area (Å²) in [7, 11) is 0. The number of nitrogens with two attached hydrogens (primary N) is 1. The van der Waals surface area contributed by atoms with Crippen molar-refractivity contribution >= 4 is 29.2 Å². The lowest BCUT2D eigenvalue weighted by Gasteiger charge is -2.29. The third kappa shape index (κ3) is 6.05. The number of anilines is 2. The number of hydrogen-bond donors (Lipinski definition) is 2. The summed E-state index contributed by atoms with van der Waals surface area (Å²) in [6, 6.07) is 12.4. The molecule has 30 heavy (non-hydrogen) atoms. The van der Waals surface area contributed by atoms with Gasteiger partial charge in [-0.2, -0.15) is 0 Å². The minimum Gasteiger partial charge on any atom is -0.397 e. The molecule has 3 rings (SSSR count). The van der Waals surface area contributed by atoms with E-state index in [4.69, 9.17) is 5.73 Å². The van der Waals surface area contributed by atoms with Gasteiger partial charge in [-0.15, -0.1) is 0 Å². The van der Waals surface area contributed by atoms with Crippen molar-refractivity contribution in [3.05, 3.63) is 53.8 Å². The van der Waals surface area contributed by atoms with Crippen LogP contribution in [0.4, 0.5) is 21.5 Å². The molecule has 1 fully saturated rings. The van der Waals surface area contributed by atoms with E-state index in [0.29, 0.717) is 24.0 Å². The third-order valence-electron chi connectivity index (χ3n) is 5.35. The van der Waals surface area contributed by atoms with E-state index in [2.05, 4.69) is 29.1 Å². The second-order valence-corrected chi connectivity index (χ2v) is 8.34. The smallest absolute Gasteiger partial charge is 0.228 e. The Morgan fingerprint density at radius 1 is 1.23 bits per heavy atom. The highest BCUT2D eigenvalue weighted by atomic mass is 19.1. The molecule has 5 nitrogen and oxygen atoms in total. The Bertz CT molecular complexity index is 891. The minimum atomic E-state index is -0.411. The number of carbonyl (C=O) groups is 1. The van der Waals surface area contributed by atoms with Crippen LogP contribution < -0.4 is 16.0 Å². The molecule has 0 spiro atoms. The number of halogens is 1. The molecule has 2 aromatic carbocycles. The van der Waals surface area contributed by atoms with Gasteiger partial charge in [0.15, 0.2) is 0 Å². The predicted molar refractivity (Wildman–Crippen MR) is 122 cm³/mol. The zero-order chi connectivity index (χ0) is 21.7. The van der Waals surface area contributed by atoms with Crippen molar-refractivity contribution in [3.63, 3.8) is 0 Å². The first-order valence-electron chi connectivity index (χ1n) is 10.6. The molecular formula is C24H31FN4O. The van der Waals surface area contributed by atoms with Crippen LogP contribution in [0.15, 0.2) is 47.5 Å². The molecule has 1 saturated carbocycles. The fourth-order valence-corrected chi connectivity index (χ4v) is 3.24. The molecule has 0 heterocycles. The van der Waals surface area contributed by atoms with Crippen molar-refractivity contribution in [1.82, 2.24) is 5.32 Å². The SMILES string of the molecule is CC(/C=N\c1ccc(N(CC2CC2)C(C)C)cc1N)C(=O)NCc1ccc(F)cc1. The Labute approximate surface area is 178 Å². The Morgan fingerprint density at radius 2 is 1.93 bits per heavy atom. The van der Waals surface area contributed by atoms with Crippen LogP contribution in [0.2, 0.25) is 0 Å². The molecule has 1 aliphatic carbocycles. The molecule has 3 N–H and O–H groups in total. The van der Waals surface area contributed by atoms with Crippen molar-refractivity contribution in [2.75, 3.05) is 17.2 Å². The number of carbonyl (C=O) groups excluding carboxylic acids is 1. The number of aliphatic imine (C=N–C) groups is 1. The van der Waals surface area contributed by atoms with Gasteiger partial charge in [-0.3, -0.25) is 9.79 Å². The average Bonchev–Trinajstić information content (AvgIpc) is 3.54. The van der Waals surface area contributed by atoms with Gasteiger partial charge >= 0.3 is 0 Å². The van der Waals surface area contributed by atoms with Gasteiger partial charge in [0.2, 0.25) is 5.91 Å². The highest BCUT2D eigenvalue weighted by Gasteiger charge is 2.25. The fraction of sp³-hybridized carbons (Fsp3) is 0.417. The van der Waals surface area contributed by atoms with Gasteiger partial charge in [-0.25, -0.2) is 4.39 Å². The summed E-state index contributed by atoms with van der Waals surface area (Å²) in [6.07, 6.45) is 4.22. The predicted octanol–water partition coefficient (Wildman–Crippen LogP) is 4.69. The molecule has 0 aromatic heterocycles. The van der Waals surface area contributed by atoms with Crippen LogP contribution in [0.25, 0.3) is 0 Å². The summed E-state index contributed by atoms with van der Waals surface area (Å²) in [6.45, 7) is 7.57. The highest BCUT2D eigenvalue weighted by Crippen LogP contribution is 2.34. The molecule has 0 radical (unpaired) electrons. The van der Waals surface area contributed by atoms with E-state index in [1.54, 1.807) is 25.3 Å². The van der Waals surface area contributed by atoms with Gasteiger partial charge in [-0.1, -0.05) is 12.1 Å².